The molecule has 1 fully saturated rings. The third-order valence-corrected chi connectivity index (χ3v) is 3.64. The summed E-state index contributed by atoms with van der Waals surface area (Å²) in [5, 5.41) is 0. The Bertz CT molecular complexity index is 415. The van der Waals surface area contributed by atoms with Crippen molar-refractivity contribution in [3.8, 4) is 0 Å². The maximum atomic E-state index is 12.4. The number of carbonyl (C=O) groups excluding carboxylic acids is 1. The highest BCUT2D eigenvalue weighted by Crippen LogP contribution is 2.22. The molecule has 1 aliphatic heterocycles. The average Bonchev–Trinajstić information content (AvgIpc) is 2.39. The summed E-state index contributed by atoms with van der Waals surface area (Å²) in [6, 6.07) is 7.27. The van der Waals surface area contributed by atoms with Crippen molar-refractivity contribution in [3.63, 3.8) is 0 Å². The molecule has 1 unspecified atom stereocenters. The summed E-state index contributed by atoms with van der Waals surface area (Å²) in [6.45, 7) is 3.99. The van der Waals surface area contributed by atoms with Gasteiger partial charge in [0.05, 0.1) is 0 Å². The van der Waals surface area contributed by atoms with Crippen LogP contribution >= 0.6 is 0 Å². The summed E-state index contributed by atoms with van der Waals surface area (Å²) in [5.41, 5.74) is 7.10. The van der Waals surface area contributed by atoms with Crippen molar-refractivity contribution < 1.29 is 4.79 Å². The zero-order valence-electron chi connectivity index (χ0n) is 11.1. The molecule has 2 N–H and O–H groups in total. The third-order valence-electron chi connectivity index (χ3n) is 3.64. The molecule has 1 atom stereocenters. The van der Waals surface area contributed by atoms with E-state index in [1.54, 1.807) is 6.07 Å². The van der Waals surface area contributed by atoms with Gasteiger partial charge in [-0.15, -0.1) is 0 Å². The molecule has 1 aliphatic rings. The normalized spacial score (nSPS) is 19.8. The molecule has 1 aromatic carbocycles. The number of rotatable bonds is 3. The first-order valence-electron chi connectivity index (χ1n) is 6.85. The molecule has 2 rings (SSSR count). The Morgan fingerprint density at radius 1 is 1.50 bits per heavy atom. The zero-order chi connectivity index (χ0) is 13.0. The number of nitrogen functional groups attached to an aromatic ring is 1. The predicted octanol–water partition coefficient (Wildman–Crippen LogP) is 2.92. The number of benzene rings is 1. The minimum absolute atomic E-state index is 0.128. The number of hydrogen-bond acceptors (Lipinski definition) is 2. The predicted molar refractivity (Wildman–Crippen MR) is 74.4 cm³/mol. The summed E-state index contributed by atoms with van der Waals surface area (Å²) < 4.78 is 0. The van der Waals surface area contributed by atoms with E-state index in [9.17, 15) is 4.79 Å². The van der Waals surface area contributed by atoms with Gasteiger partial charge in [0.25, 0.3) is 5.91 Å². The fourth-order valence-corrected chi connectivity index (χ4v) is 2.75. The highest BCUT2D eigenvalue weighted by molar-refractivity contribution is 5.95. The molecule has 0 aromatic heterocycles. The lowest BCUT2D eigenvalue weighted by molar-refractivity contribution is 0.0667. The van der Waals surface area contributed by atoms with Crippen LogP contribution in [-0.2, 0) is 0 Å². The number of amides is 1. The molecule has 3 heteroatoms. The van der Waals surface area contributed by atoms with Gasteiger partial charge < -0.3 is 10.6 Å². The Labute approximate surface area is 109 Å². The van der Waals surface area contributed by atoms with Crippen LogP contribution in [0.1, 0.15) is 43.0 Å². The van der Waals surface area contributed by atoms with Gasteiger partial charge >= 0.3 is 0 Å². The lowest BCUT2D eigenvalue weighted by Crippen LogP contribution is -2.39. The van der Waals surface area contributed by atoms with Gasteiger partial charge in [-0.1, -0.05) is 19.4 Å². The van der Waals surface area contributed by atoms with Gasteiger partial charge in [0, 0.05) is 24.3 Å². The first-order valence-corrected chi connectivity index (χ1v) is 6.85. The summed E-state index contributed by atoms with van der Waals surface area (Å²) >= 11 is 0. The standard InChI is InChI=1S/C15H22N2O/c1-2-5-12-6-4-9-17(11-12)15(18)13-7-3-8-14(16)10-13/h3,7-8,10,12H,2,4-6,9,11,16H2,1H3. The Kier molecular flexibility index (Phi) is 4.24. The summed E-state index contributed by atoms with van der Waals surface area (Å²) in [5.74, 6) is 0.803. The number of nitrogens with two attached hydrogens (primary N) is 1. The molecule has 18 heavy (non-hydrogen) atoms. The van der Waals surface area contributed by atoms with Crippen LogP contribution in [0, 0.1) is 5.92 Å². The number of likely N-dealkylation sites (tertiary alicyclic amines) is 1. The van der Waals surface area contributed by atoms with Crippen molar-refractivity contribution in [1.29, 1.82) is 0 Å². The van der Waals surface area contributed by atoms with Gasteiger partial charge in [0.1, 0.15) is 0 Å². The van der Waals surface area contributed by atoms with E-state index in [0.717, 1.165) is 19.5 Å². The molecule has 0 radical (unpaired) electrons. The van der Waals surface area contributed by atoms with Crippen LogP contribution in [0.3, 0.4) is 0 Å². The van der Waals surface area contributed by atoms with Crippen molar-refractivity contribution in [2.45, 2.75) is 32.6 Å². The lowest BCUT2D eigenvalue weighted by Gasteiger charge is -2.32. The van der Waals surface area contributed by atoms with Crippen LogP contribution in [-0.4, -0.2) is 23.9 Å². The first kappa shape index (κ1) is 12.9. The average molecular weight is 246 g/mol. The maximum Gasteiger partial charge on any atom is 0.253 e. The van der Waals surface area contributed by atoms with E-state index in [2.05, 4.69) is 6.92 Å². The highest BCUT2D eigenvalue weighted by atomic mass is 16.2. The number of carbonyl (C=O) groups is 1. The third kappa shape index (κ3) is 3.03. The van der Waals surface area contributed by atoms with Gasteiger partial charge in [-0.3, -0.25) is 4.79 Å². The highest BCUT2D eigenvalue weighted by Gasteiger charge is 2.23. The number of nitrogens with zero attached hydrogens (tertiary/aromatic N) is 1. The minimum atomic E-state index is 0.128. The minimum Gasteiger partial charge on any atom is -0.399 e. The monoisotopic (exact) mass is 246 g/mol. The molecular weight excluding hydrogens is 224 g/mol. The van der Waals surface area contributed by atoms with Crippen molar-refractivity contribution in [2.24, 2.45) is 5.92 Å². The van der Waals surface area contributed by atoms with Crippen LogP contribution < -0.4 is 5.73 Å². The lowest BCUT2D eigenvalue weighted by atomic mass is 9.93. The van der Waals surface area contributed by atoms with Gasteiger partial charge in [0.15, 0.2) is 0 Å². The fourth-order valence-electron chi connectivity index (χ4n) is 2.75. The van der Waals surface area contributed by atoms with Gasteiger partial charge in [-0.2, -0.15) is 0 Å². The zero-order valence-corrected chi connectivity index (χ0v) is 11.1. The smallest absolute Gasteiger partial charge is 0.253 e. The van der Waals surface area contributed by atoms with Crippen LogP contribution in [0.5, 0.6) is 0 Å². The Morgan fingerprint density at radius 3 is 3.06 bits per heavy atom. The molecule has 0 aliphatic carbocycles. The number of hydrogen-bond donors (Lipinski definition) is 1. The second-order valence-electron chi connectivity index (χ2n) is 5.17. The second kappa shape index (κ2) is 5.89. The van der Waals surface area contributed by atoms with Crippen molar-refractivity contribution in [2.75, 3.05) is 18.8 Å². The molecule has 1 heterocycles. The van der Waals surface area contributed by atoms with Crippen LogP contribution in [0.2, 0.25) is 0 Å². The van der Waals surface area contributed by atoms with E-state index in [0.29, 0.717) is 17.2 Å². The summed E-state index contributed by atoms with van der Waals surface area (Å²) in [7, 11) is 0. The van der Waals surface area contributed by atoms with Crippen molar-refractivity contribution >= 4 is 11.6 Å². The van der Waals surface area contributed by atoms with Gasteiger partial charge in [0.2, 0.25) is 0 Å². The van der Waals surface area contributed by atoms with Gasteiger partial charge in [-0.05, 0) is 43.4 Å². The molecule has 1 aromatic rings. The second-order valence-corrected chi connectivity index (χ2v) is 5.17. The Hall–Kier alpha value is -1.51. The van der Waals surface area contributed by atoms with Gasteiger partial charge in [-0.25, -0.2) is 0 Å². The van der Waals surface area contributed by atoms with E-state index in [1.165, 1.54) is 19.3 Å². The van der Waals surface area contributed by atoms with E-state index in [-0.39, 0.29) is 5.91 Å². The quantitative estimate of drug-likeness (QED) is 0.833. The van der Waals surface area contributed by atoms with E-state index < -0.39 is 0 Å². The first-order chi connectivity index (χ1) is 8.70. The SMILES string of the molecule is CCCC1CCCN(C(=O)c2cccc(N)c2)C1. The largest absolute Gasteiger partial charge is 0.399 e. The summed E-state index contributed by atoms with van der Waals surface area (Å²) in [4.78, 5) is 14.4. The number of anilines is 1. The van der Waals surface area contributed by atoms with Crippen LogP contribution in [0.25, 0.3) is 0 Å². The molecule has 98 valence electrons. The number of piperidine rings is 1. The van der Waals surface area contributed by atoms with Crippen LogP contribution in [0.15, 0.2) is 24.3 Å². The molecular formula is C15H22N2O. The Balaban J connectivity index is 2.04. The van der Waals surface area contributed by atoms with E-state index in [1.807, 2.05) is 23.1 Å². The van der Waals surface area contributed by atoms with Crippen molar-refractivity contribution in [1.82, 2.24) is 4.90 Å². The maximum absolute atomic E-state index is 12.4. The van der Waals surface area contributed by atoms with Crippen molar-refractivity contribution in [3.05, 3.63) is 29.8 Å². The summed E-state index contributed by atoms with van der Waals surface area (Å²) in [6.07, 6.45) is 4.80. The van der Waals surface area contributed by atoms with Crippen LogP contribution in [0.4, 0.5) is 5.69 Å². The molecule has 1 amide bonds. The molecule has 1 saturated heterocycles. The topological polar surface area (TPSA) is 46.3 Å². The van der Waals surface area contributed by atoms with E-state index >= 15 is 0 Å². The molecule has 0 saturated carbocycles. The van der Waals surface area contributed by atoms with E-state index in [4.69, 9.17) is 5.73 Å². The molecule has 0 bridgehead atoms. The fraction of sp³-hybridized carbons (Fsp3) is 0.533. The molecule has 3 nitrogen and oxygen atoms in total. The Morgan fingerprint density at radius 2 is 2.33 bits per heavy atom. The molecule has 0 spiro atoms.